The van der Waals surface area contributed by atoms with Gasteiger partial charge in [-0.3, -0.25) is 0 Å². The van der Waals surface area contributed by atoms with E-state index in [0.717, 1.165) is 24.3 Å². The van der Waals surface area contributed by atoms with Crippen molar-refractivity contribution in [3.8, 4) is 0 Å². The minimum atomic E-state index is -0.298. The first-order valence-electron chi connectivity index (χ1n) is 6.21. The van der Waals surface area contributed by atoms with Crippen molar-refractivity contribution in [1.82, 2.24) is 5.32 Å². The summed E-state index contributed by atoms with van der Waals surface area (Å²) >= 11 is 0. The molecule has 17 heavy (non-hydrogen) atoms. The summed E-state index contributed by atoms with van der Waals surface area (Å²) in [6, 6.07) is 10.0. The van der Waals surface area contributed by atoms with E-state index in [1.807, 2.05) is 30.3 Å². The topological polar surface area (TPSA) is 38.3 Å². The predicted octanol–water partition coefficient (Wildman–Crippen LogP) is 3.10. The summed E-state index contributed by atoms with van der Waals surface area (Å²) < 4.78 is 5.18. The van der Waals surface area contributed by atoms with Crippen LogP contribution in [0.5, 0.6) is 0 Å². The van der Waals surface area contributed by atoms with E-state index in [1.54, 1.807) is 0 Å². The van der Waals surface area contributed by atoms with Crippen LogP contribution in [-0.2, 0) is 11.3 Å². The standard InChI is InChI=1S/C14H19NO2/c1-11-7-8-13(9-11)15-14(16)17-10-12-5-3-2-4-6-12/h2-6,11,13H,7-10H2,1H3,(H,15,16)/t11-,13+/m1/s1. The van der Waals surface area contributed by atoms with E-state index in [4.69, 9.17) is 4.74 Å². The van der Waals surface area contributed by atoms with Crippen LogP contribution in [0.25, 0.3) is 0 Å². The average Bonchev–Trinajstić information content (AvgIpc) is 2.73. The summed E-state index contributed by atoms with van der Waals surface area (Å²) in [7, 11) is 0. The fourth-order valence-corrected chi connectivity index (χ4v) is 2.27. The van der Waals surface area contributed by atoms with Crippen molar-refractivity contribution in [2.45, 2.75) is 38.8 Å². The molecule has 0 heterocycles. The molecule has 1 aliphatic rings. The number of hydrogen-bond donors (Lipinski definition) is 1. The Morgan fingerprint density at radius 2 is 2.12 bits per heavy atom. The maximum atomic E-state index is 11.5. The Bertz CT molecular complexity index is 364. The quantitative estimate of drug-likeness (QED) is 0.871. The van der Waals surface area contributed by atoms with Gasteiger partial charge in [0, 0.05) is 6.04 Å². The second kappa shape index (κ2) is 5.71. The fourth-order valence-electron chi connectivity index (χ4n) is 2.27. The van der Waals surface area contributed by atoms with Gasteiger partial charge in [-0.2, -0.15) is 0 Å². The lowest BCUT2D eigenvalue weighted by Crippen LogP contribution is -2.33. The molecule has 0 unspecified atom stereocenters. The van der Waals surface area contributed by atoms with Crippen LogP contribution in [0.15, 0.2) is 30.3 Å². The SMILES string of the molecule is C[C@@H]1CC[C@H](NC(=O)OCc2ccccc2)C1. The molecule has 2 rings (SSSR count). The van der Waals surface area contributed by atoms with Crippen LogP contribution in [0.4, 0.5) is 4.79 Å². The van der Waals surface area contributed by atoms with Crippen LogP contribution in [0, 0.1) is 5.92 Å². The molecule has 1 fully saturated rings. The summed E-state index contributed by atoms with van der Waals surface area (Å²) in [5.74, 6) is 0.717. The smallest absolute Gasteiger partial charge is 0.407 e. The third-order valence-electron chi connectivity index (χ3n) is 3.23. The van der Waals surface area contributed by atoms with Gasteiger partial charge in [-0.1, -0.05) is 37.3 Å². The molecular weight excluding hydrogens is 214 g/mol. The number of carbonyl (C=O) groups excluding carboxylic acids is 1. The van der Waals surface area contributed by atoms with Crippen LogP contribution in [0.2, 0.25) is 0 Å². The molecule has 1 aliphatic carbocycles. The minimum Gasteiger partial charge on any atom is -0.445 e. The van der Waals surface area contributed by atoms with Crippen molar-refractivity contribution in [3.63, 3.8) is 0 Å². The van der Waals surface area contributed by atoms with Gasteiger partial charge >= 0.3 is 6.09 Å². The molecule has 3 nitrogen and oxygen atoms in total. The van der Waals surface area contributed by atoms with Crippen LogP contribution in [-0.4, -0.2) is 12.1 Å². The second-order valence-corrected chi connectivity index (χ2v) is 4.82. The highest BCUT2D eigenvalue weighted by Gasteiger charge is 2.22. The van der Waals surface area contributed by atoms with Crippen molar-refractivity contribution in [2.75, 3.05) is 0 Å². The maximum Gasteiger partial charge on any atom is 0.407 e. The Morgan fingerprint density at radius 3 is 2.76 bits per heavy atom. The molecule has 0 spiro atoms. The molecule has 1 N–H and O–H groups in total. The van der Waals surface area contributed by atoms with E-state index >= 15 is 0 Å². The summed E-state index contributed by atoms with van der Waals surface area (Å²) in [4.78, 5) is 11.5. The third-order valence-corrected chi connectivity index (χ3v) is 3.23. The molecule has 0 saturated heterocycles. The number of amides is 1. The zero-order valence-corrected chi connectivity index (χ0v) is 10.2. The van der Waals surface area contributed by atoms with E-state index in [2.05, 4.69) is 12.2 Å². The lowest BCUT2D eigenvalue weighted by Gasteiger charge is -2.12. The van der Waals surface area contributed by atoms with Crippen molar-refractivity contribution < 1.29 is 9.53 Å². The van der Waals surface area contributed by atoms with E-state index in [-0.39, 0.29) is 6.09 Å². The lowest BCUT2D eigenvalue weighted by molar-refractivity contribution is 0.135. The minimum absolute atomic E-state index is 0.298. The monoisotopic (exact) mass is 233 g/mol. The number of benzene rings is 1. The Hall–Kier alpha value is -1.51. The van der Waals surface area contributed by atoms with Crippen molar-refractivity contribution in [3.05, 3.63) is 35.9 Å². The molecule has 0 aromatic heterocycles. The van der Waals surface area contributed by atoms with E-state index < -0.39 is 0 Å². The number of carbonyl (C=O) groups is 1. The maximum absolute atomic E-state index is 11.5. The molecule has 1 aromatic rings. The van der Waals surface area contributed by atoms with E-state index in [9.17, 15) is 4.79 Å². The van der Waals surface area contributed by atoms with Crippen molar-refractivity contribution in [1.29, 1.82) is 0 Å². The number of rotatable bonds is 3. The van der Waals surface area contributed by atoms with Gasteiger partial charge in [0.25, 0.3) is 0 Å². The van der Waals surface area contributed by atoms with Crippen LogP contribution in [0.1, 0.15) is 31.7 Å². The molecule has 2 atom stereocenters. The zero-order chi connectivity index (χ0) is 12.1. The molecule has 3 heteroatoms. The van der Waals surface area contributed by atoms with Gasteiger partial charge in [0.15, 0.2) is 0 Å². The van der Waals surface area contributed by atoms with Gasteiger partial charge in [0.1, 0.15) is 6.61 Å². The number of ether oxygens (including phenoxy) is 1. The molecule has 1 aromatic carbocycles. The highest BCUT2D eigenvalue weighted by Crippen LogP contribution is 2.24. The van der Waals surface area contributed by atoms with Gasteiger partial charge in [-0.05, 0) is 30.7 Å². The van der Waals surface area contributed by atoms with Crippen molar-refractivity contribution >= 4 is 6.09 Å². The summed E-state index contributed by atoms with van der Waals surface area (Å²) in [6.45, 7) is 2.56. The Balaban J connectivity index is 1.71. The Morgan fingerprint density at radius 1 is 1.35 bits per heavy atom. The van der Waals surface area contributed by atoms with Crippen LogP contribution in [0.3, 0.4) is 0 Å². The second-order valence-electron chi connectivity index (χ2n) is 4.82. The fraction of sp³-hybridized carbons (Fsp3) is 0.500. The van der Waals surface area contributed by atoms with Crippen molar-refractivity contribution in [2.24, 2.45) is 5.92 Å². The molecular formula is C14H19NO2. The summed E-state index contributed by atoms with van der Waals surface area (Å²) in [6.07, 6.45) is 3.04. The first-order valence-corrected chi connectivity index (χ1v) is 6.21. The van der Waals surface area contributed by atoms with E-state index in [1.165, 1.54) is 6.42 Å². The largest absolute Gasteiger partial charge is 0.445 e. The highest BCUT2D eigenvalue weighted by atomic mass is 16.5. The molecule has 92 valence electrons. The van der Waals surface area contributed by atoms with Gasteiger partial charge in [0.2, 0.25) is 0 Å². The Kier molecular flexibility index (Phi) is 4.02. The van der Waals surface area contributed by atoms with Gasteiger partial charge in [-0.25, -0.2) is 4.79 Å². The molecule has 0 aliphatic heterocycles. The normalized spacial score (nSPS) is 23.4. The summed E-state index contributed by atoms with van der Waals surface area (Å²) in [5.41, 5.74) is 1.02. The average molecular weight is 233 g/mol. The molecule has 1 amide bonds. The van der Waals surface area contributed by atoms with Gasteiger partial charge in [0.05, 0.1) is 0 Å². The first kappa shape index (κ1) is 12.0. The highest BCUT2D eigenvalue weighted by molar-refractivity contribution is 5.67. The van der Waals surface area contributed by atoms with Gasteiger partial charge in [-0.15, -0.1) is 0 Å². The number of alkyl carbamates (subject to hydrolysis) is 1. The van der Waals surface area contributed by atoms with Gasteiger partial charge < -0.3 is 10.1 Å². The Labute approximate surface area is 102 Å². The first-order chi connectivity index (χ1) is 8.24. The molecule has 0 radical (unpaired) electrons. The predicted molar refractivity (Wildman–Crippen MR) is 66.6 cm³/mol. The molecule has 1 saturated carbocycles. The summed E-state index contributed by atoms with van der Waals surface area (Å²) in [5, 5.41) is 2.92. The van der Waals surface area contributed by atoms with Crippen LogP contribution >= 0.6 is 0 Å². The van der Waals surface area contributed by atoms with E-state index in [0.29, 0.717) is 12.6 Å². The zero-order valence-electron chi connectivity index (χ0n) is 10.2. The number of hydrogen-bond acceptors (Lipinski definition) is 2. The lowest BCUT2D eigenvalue weighted by atomic mass is 10.1. The molecule has 0 bridgehead atoms. The van der Waals surface area contributed by atoms with Crippen LogP contribution < -0.4 is 5.32 Å². The third kappa shape index (κ3) is 3.77. The number of nitrogens with one attached hydrogen (secondary N) is 1.